The second-order valence-electron chi connectivity index (χ2n) is 5.71. The molecule has 2 rings (SSSR count). The maximum Gasteiger partial charge on any atom is 0.348 e. The predicted molar refractivity (Wildman–Crippen MR) is 96.5 cm³/mol. The summed E-state index contributed by atoms with van der Waals surface area (Å²) in [6.07, 6.45) is -1.23. The van der Waals surface area contributed by atoms with Crippen molar-refractivity contribution in [2.24, 2.45) is 0 Å². The van der Waals surface area contributed by atoms with E-state index in [1.165, 1.54) is 0 Å². The van der Waals surface area contributed by atoms with E-state index in [1.807, 2.05) is 50.2 Å². The minimum absolute atomic E-state index is 0.378. The van der Waals surface area contributed by atoms with E-state index in [0.29, 0.717) is 17.9 Å². The van der Waals surface area contributed by atoms with Gasteiger partial charge in [-0.15, -0.1) is 0 Å². The van der Waals surface area contributed by atoms with Crippen molar-refractivity contribution in [1.29, 1.82) is 0 Å². The van der Waals surface area contributed by atoms with Gasteiger partial charge < -0.3 is 14.8 Å². The summed E-state index contributed by atoms with van der Waals surface area (Å²) < 4.78 is 10.9. The average molecular weight is 341 g/mol. The van der Waals surface area contributed by atoms with Gasteiger partial charge in [0, 0.05) is 5.69 Å². The van der Waals surface area contributed by atoms with Crippen LogP contribution in [-0.2, 0) is 14.3 Å². The molecule has 2 atom stereocenters. The first-order valence-corrected chi connectivity index (χ1v) is 8.30. The Morgan fingerprint density at radius 1 is 1.04 bits per heavy atom. The molecule has 0 aliphatic heterocycles. The highest BCUT2D eigenvalue weighted by Gasteiger charge is 2.25. The SMILES string of the molecule is CC[C@@H](Oc1ccccc1)C(=O)O[C@H](C)C(=O)Nc1ccccc1C. The summed E-state index contributed by atoms with van der Waals surface area (Å²) in [4.78, 5) is 24.5. The lowest BCUT2D eigenvalue weighted by atomic mass is 10.2. The van der Waals surface area contributed by atoms with Crippen molar-refractivity contribution in [2.75, 3.05) is 5.32 Å². The number of aryl methyl sites for hydroxylation is 1. The predicted octanol–water partition coefficient (Wildman–Crippen LogP) is 3.72. The molecule has 0 aliphatic carbocycles. The third-order valence-electron chi connectivity index (χ3n) is 3.72. The van der Waals surface area contributed by atoms with Gasteiger partial charge in [0.25, 0.3) is 5.91 Å². The van der Waals surface area contributed by atoms with Gasteiger partial charge in [-0.2, -0.15) is 0 Å². The molecule has 2 aromatic rings. The molecular weight excluding hydrogens is 318 g/mol. The van der Waals surface area contributed by atoms with E-state index in [9.17, 15) is 9.59 Å². The average Bonchev–Trinajstić information content (AvgIpc) is 2.62. The van der Waals surface area contributed by atoms with Gasteiger partial charge in [0.2, 0.25) is 0 Å². The maximum atomic E-state index is 12.3. The third-order valence-corrected chi connectivity index (χ3v) is 3.72. The number of hydrogen-bond acceptors (Lipinski definition) is 4. The quantitative estimate of drug-likeness (QED) is 0.780. The molecular formula is C20H23NO4. The molecule has 2 aromatic carbocycles. The molecule has 5 heteroatoms. The summed E-state index contributed by atoms with van der Waals surface area (Å²) in [5.41, 5.74) is 1.64. The van der Waals surface area contributed by atoms with E-state index in [-0.39, 0.29) is 5.91 Å². The van der Waals surface area contributed by atoms with Crippen molar-refractivity contribution >= 4 is 17.6 Å². The van der Waals surface area contributed by atoms with Crippen LogP contribution >= 0.6 is 0 Å². The molecule has 0 aromatic heterocycles. The highest BCUT2D eigenvalue weighted by molar-refractivity contribution is 5.95. The molecule has 132 valence electrons. The Balaban J connectivity index is 1.93. The van der Waals surface area contributed by atoms with Crippen LogP contribution in [0.4, 0.5) is 5.69 Å². The zero-order valence-electron chi connectivity index (χ0n) is 14.7. The molecule has 25 heavy (non-hydrogen) atoms. The van der Waals surface area contributed by atoms with Crippen molar-refractivity contribution in [3.63, 3.8) is 0 Å². The van der Waals surface area contributed by atoms with E-state index in [1.54, 1.807) is 25.1 Å². The number of para-hydroxylation sites is 2. The van der Waals surface area contributed by atoms with Gasteiger partial charge >= 0.3 is 5.97 Å². The number of anilines is 1. The largest absolute Gasteiger partial charge is 0.479 e. The van der Waals surface area contributed by atoms with E-state index < -0.39 is 18.2 Å². The first-order valence-electron chi connectivity index (χ1n) is 8.30. The van der Waals surface area contributed by atoms with Crippen LogP contribution in [0.25, 0.3) is 0 Å². The van der Waals surface area contributed by atoms with Gasteiger partial charge in [-0.25, -0.2) is 4.79 Å². The number of benzene rings is 2. The molecule has 0 spiro atoms. The number of nitrogens with one attached hydrogen (secondary N) is 1. The fraction of sp³-hybridized carbons (Fsp3) is 0.300. The zero-order chi connectivity index (χ0) is 18.2. The van der Waals surface area contributed by atoms with Gasteiger partial charge in [0.1, 0.15) is 5.75 Å². The lowest BCUT2D eigenvalue weighted by Crippen LogP contribution is -2.36. The number of ether oxygens (including phenoxy) is 2. The molecule has 0 fully saturated rings. The first kappa shape index (κ1) is 18.5. The Morgan fingerprint density at radius 2 is 1.68 bits per heavy atom. The van der Waals surface area contributed by atoms with Crippen molar-refractivity contribution < 1.29 is 19.1 Å². The molecule has 0 unspecified atom stereocenters. The second-order valence-corrected chi connectivity index (χ2v) is 5.71. The summed E-state index contributed by atoms with van der Waals surface area (Å²) in [6, 6.07) is 16.5. The topological polar surface area (TPSA) is 64.6 Å². The minimum atomic E-state index is -0.916. The lowest BCUT2D eigenvalue weighted by Gasteiger charge is -2.19. The standard InChI is InChI=1S/C20H23NO4/c1-4-18(25-16-11-6-5-7-12-16)20(23)24-15(3)19(22)21-17-13-9-8-10-14(17)2/h5-13,15,18H,4H2,1-3H3,(H,21,22)/t15-,18-/m1/s1. The van der Waals surface area contributed by atoms with E-state index in [4.69, 9.17) is 9.47 Å². The lowest BCUT2D eigenvalue weighted by molar-refractivity contribution is -0.160. The number of hydrogen-bond donors (Lipinski definition) is 1. The number of carbonyl (C=O) groups is 2. The van der Waals surface area contributed by atoms with Crippen molar-refractivity contribution in [2.45, 2.75) is 39.4 Å². The van der Waals surface area contributed by atoms with Gasteiger partial charge in [-0.05, 0) is 44.0 Å². The van der Waals surface area contributed by atoms with Crippen LogP contribution in [0, 0.1) is 6.92 Å². The smallest absolute Gasteiger partial charge is 0.348 e. The van der Waals surface area contributed by atoms with E-state index in [0.717, 1.165) is 5.56 Å². The fourth-order valence-electron chi connectivity index (χ4n) is 2.21. The summed E-state index contributed by atoms with van der Waals surface area (Å²) in [6.45, 7) is 5.26. The molecule has 0 bridgehead atoms. The van der Waals surface area contributed by atoms with Gasteiger partial charge in [-0.1, -0.05) is 43.3 Å². The number of rotatable bonds is 7. The monoisotopic (exact) mass is 341 g/mol. The zero-order valence-corrected chi connectivity index (χ0v) is 14.7. The van der Waals surface area contributed by atoms with Crippen LogP contribution in [0.5, 0.6) is 5.75 Å². The van der Waals surface area contributed by atoms with Gasteiger partial charge in [0.15, 0.2) is 12.2 Å². The molecule has 0 saturated carbocycles. The van der Waals surface area contributed by atoms with Crippen LogP contribution in [0.2, 0.25) is 0 Å². The van der Waals surface area contributed by atoms with Crippen molar-refractivity contribution in [1.82, 2.24) is 0 Å². The van der Waals surface area contributed by atoms with Crippen LogP contribution in [0.1, 0.15) is 25.8 Å². The van der Waals surface area contributed by atoms with E-state index in [2.05, 4.69) is 5.32 Å². The second kappa shape index (κ2) is 8.87. The van der Waals surface area contributed by atoms with Gasteiger partial charge in [0.05, 0.1) is 0 Å². The molecule has 5 nitrogen and oxygen atoms in total. The van der Waals surface area contributed by atoms with Crippen LogP contribution in [0.3, 0.4) is 0 Å². The number of amides is 1. The van der Waals surface area contributed by atoms with Crippen LogP contribution in [-0.4, -0.2) is 24.1 Å². The van der Waals surface area contributed by atoms with Crippen LogP contribution in [0.15, 0.2) is 54.6 Å². The fourth-order valence-corrected chi connectivity index (χ4v) is 2.21. The Hall–Kier alpha value is -2.82. The summed E-state index contributed by atoms with van der Waals surface area (Å²) in [5.74, 6) is -0.348. The third kappa shape index (κ3) is 5.35. The number of carbonyl (C=O) groups excluding carboxylic acids is 2. The Morgan fingerprint density at radius 3 is 2.32 bits per heavy atom. The maximum absolute atomic E-state index is 12.3. The molecule has 0 aliphatic rings. The summed E-state index contributed by atoms with van der Waals surface area (Å²) in [7, 11) is 0. The molecule has 0 saturated heterocycles. The molecule has 1 amide bonds. The van der Waals surface area contributed by atoms with Crippen molar-refractivity contribution in [3.8, 4) is 5.75 Å². The Kier molecular flexibility index (Phi) is 6.57. The Labute approximate surface area is 148 Å². The normalized spacial score (nSPS) is 12.8. The van der Waals surface area contributed by atoms with Gasteiger partial charge in [-0.3, -0.25) is 4.79 Å². The summed E-state index contributed by atoms with van der Waals surface area (Å²) >= 11 is 0. The van der Waals surface area contributed by atoms with Crippen LogP contribution < -0.4 is 10.1 Å². The summed E-state index contributed by atoms with van der Waals surface area (Å²) in [5, 5.41) is 2.76. The molecule has 0 heterocycles. The molecule has 0 radical (unpaired) electrons. The first-order chi connectivity index (χ1) is 12.0. The molecule has 1 N–H and O–H groups in total. The Bertz CT molecular complexity index is 715. The minimum Gasteiger partial charge on any atom is -0.479 e. The number of esters is 1. The highest BCUT2D eigenvalue weighted by atomic mass is 16.6. The highest BCUT2D eigenvalue weighted by Crippen LogP contribution is 2.16. The van der Waals surface area contributed by atoms with E-state index >= 15 is 0 Å². The van der Waals surface area contributed by atoms with Crippen molar-refractivity contribution in [3.05, 3.63) is 60.2 Å².